The van der Waals surface area contributed by atoms with E-state index in [2.05, 4.69) is 4.74 Å². The lowest BCUT2D eigenvalue weighted by Crippen LogP contribution is -2.22. The summed E-state index contributed by atoms with van der Waals surface area (Å²) >= 11 is 0. The first-order chi connectivity index (χ1) is 9.08. The minimum atomic E-state index is -3.67. The molecular formula is C12H16O6S2. The quantitative estimate of drug-likeness (QED) is 0.740. The Morgan fingerprint density at radius 1 is 1.10 bits per heavy atom. The largest absolute Gasteiger partial charge is 0.469 e. The summed E-state index contributed by atoms with van der Waals surface area (Å²) in [7, 11) is -5.86. The third-order valence-corrected chi connectivity index (χ3v) is 5.74. The summed E-state index contributed by atoms with van der Waals surface area (Å²) in [6.45, 7) is 1.45. The van der Waals surface area contributed by atoms with Gasteiger partial charge in [-0.05, 0) is 24.3 Å². The van der Waals surface area contributed by atoms with Crippen LogP contribution in [-0.2, 0) is 29.2 Å². The van der Waals surface area contributed by atoms with Crippen LogP contribution in [0.1, 0.15) is 6.92 Å². The molecule has 0 aliphatic carbocycles. The van der Waals surface area contributed by atoms with Crippen molar-refractivity contribution in [2.75, 3.05) is 19.1 Å². The Morgan fingerprint density at radius 2 is 1.55 bits per heavy atom. The van der Waals surface area contributed by atoms with Crippen LogP contribution in [0.3, 0.4) is 0 Å². The summed E-state index contributed by atoms with van der Waals surface area (Å²) in [5.74, 6) is -1.79. The zero-order chi connectivity index (χ0) is 15.6. The van der Waals surface area contributed by atoms with Crippen molar-refractivity contribution >= 4 is 25.6 Å². The van der Waals surface area contributed by atoms with Crippen LogP contribution >= 0.6 is 0 Å². The summed E-state index contributed by atoms with van der Waals surface area (Å²) in [6, 6.07) is 4.89. The van der Waals surface area contributed by atoms with E-state index in [1.807, 2.05) is 0 Å². The fraction of sp³-hybridized carbons (Fsp3) is 0.417. The van der Waals surface area contributed by atoms with Crippen molar-refractivity contribution in [3.63, 3.8) is 0 Å². The van der Waals surface area contributed by atoms with Gasteiger partial charge in [0.05, 0.1) is 28.6 Å². The molecule has 0 aliphatic rings. The van der Waals surface area contributed by atoms with Gasteiger partial charge in [-0.3, -0.25) is 4.79 Å². The Balaban J connectivity index is 3.03. The number of sulfone groups is 2. The van der Waals surface area contributed by atoms with Crippen LogP contribution in [0.25, 0.3) is 0 Å². The topological polar surface area (TPSA) is 94.6 Å². The average molecular weight is 320 g/mol. The highest BCUT2D eigenvalue weighted by Gasteiger charge is 2.24. The van der Waals surface area contributed by atoms with E-state index >= 15 is 0 Å². The van der Waals surface area contributed by atoms with Gasteiger partial charge < -0.3 is 4.74 Å². The van der Waals surface area contributed by atoms with Gasteiger partial charge in [-0.15, -0.1) is 0 Å². The average Bonchev–Trinajstić information content (AvgIpc) is 2.36. The minimum absolute atomic E-state index is 0.0272. The van der Waals surface area contributed by atoms with Gasteiger partial charge in [0, 0.05) is 6.26 Å². The molecule has 0 bridgehead atoms. The third-order valence-electron chi connectivity index (χ3n) is 2.68. The van der Waals surface area contributed by atoms with Crippen molar-refractivity contribution in [1.29, 1.82) is 0 Å². The molecule has 1 aromatic rings. The van der Waals surface area contributed by atoms with Crippen LogP contribution in [0.15, 0.2) is 34.1 Å². The van der Waals surface area contributed by atoms with Gasteiger partial charge >= 0.3 is 5.97 Å². The molecule has 0 aliphatic heterocycles. The zero-order valence-corrected chi connectivity index (χ0v) is 13.0. The van der Waals surface area contributed by atoms with Crippen molar-refractivity contribution in [1.82, 2.24) is 0 Å². The number of hydrogen-bond acceptors (Lipinski definition) is 6. The molecule has 0 heterocycles. The van der Waals surface area contributed by atoms with Crippen LogP contribution in [0.4, 0.5) is 0 Å². The van der Waals surface area contributed by atoms with Gasteiger partial charge in [0.15, 0.2) is 19.7 Å². The van der Waals surface area contributed by atoms with Crippen LogP contribution in [0.5, 0.6) is 0 Å². The van der Waals surface area contributed by atoms with Crippen molar-refractivity contribution < 1.29 is 26.4 Å². The summed E-state index contributed by atoms with van der Waals surface area (Å²) < 4.78 is 51.2. The molecule has 1 unspecified atom stereocenters. The first kappa shape index (κ1) is 16.6. The third kappa shape index (κ3) is 4.04. The molecule has 0 amide bonds. The van der Waals surface area contributed by atoms with E-state index in [1.165, 1.54) is 38.3 Å². The monoisotopic (exact) mass is 320 g/mol. The van der Waals surface area contributed by atoms with Crippen LogP contribution in [-0.4, -0.2) is 41.9 Å². The lowest BCUT2D eigenvalue weighted by molar-refractivity contribution is -0.144. The Labute approximate surface area is 118 Å². The smallest absolute Gasteiger partial charge is 0.309 e. The minimum Gasteiger partial charge on any atom is -0.469 e. The van der Waals surface area contributed by atoms with Crippen molar-refractivity contribution in [2.24, 2.45) is 5.92 Å². The van der Waals surface area contributed by atoms with E-state index in [4.69, 9.17) is 0 Å². The number of carbonyl (C=O) groups is 1. The molecule has 6 nitrogen and oxygen atoms in total. The highest BCUT2D eigenvalue weighted by molar-refractivity contribution is 7.91. The molecule has 0 saturated carbocycles. The van der Waals surface area contributed by atoms with Gasteiger partial charge in [-0.25, -0.2) is 16.8 Å². The Hall–Kier alpha value is -1.41. The standard InChI is InChI=1S/C12H16O6S2/c1-9(12(13)18-2)8-20(16,17)11-6-4-10(5-7-11)19(3,14)15/h4-7,9H,8H2,1-3H3. The van der Waals surface area contributed by atoms with Gasteiger partial charge in [0.1, 0.15) is 0 Å². The summed E-state index contributed by atoms with van der Waals surface area (Å²) in [5.41, 5.74) is 0. The maximum absolute atomic E-state index is 12.1. The molecule has 0 fully saturated rings. The number of carbonyl (C=O) groups excluding carboxylic acids is 1. The van der Waals surface area contributed by atoms with Crippen molar-refractivity contribution in [3.05, 3.63) is 24.3 Å². The number of esters is 1. The normalized spacial score (nSPS) is 13.8. The summed E-state index contributed by atoms with van der Waals surface area (Å²) in [5, 5.41) is 0. The maximum Gasteiger partial charge on any atom is 0.309 e. The number of hydrogen-bond donors (Lipinski definition) is 0. The lowest BCUT2D eigenvalue weighted by atomic mass is 10.2. The second-order valence-corrected chi connectivity index (χ2v) is 8.50. The molecule has 0 aromatic heterocycles. The maximum atomic E-state index is 12.1. The Morgan fingerprint density at radius 3 is 1.95 bits per heavy atom. The molecule has 0 saturated heterocycles. The number of rotatable bonds is 5. The Kier molecular flexibility index (Phi) is 4.93. The van der Waals surface area contributed by atoms with Crippen LogP contribution in [0.2, 0.25) is 0 Å². The predicted octanol–water partition coefficient (Wildman–Crippen LogP) is 0.673. The molecule has 20 heavy (non-hydrogen) atoms. The second-order valence-electron chi connectivity index (χ2n) is 4.45. The van der Waals surface area contributed by atoms with Crippen molar-refractivity contribution in [2.45, 2.75) is 16.7 Å². The molecule has 0 radical (unpaired) electrons. The van der Waals surface area contributed by atoms with Crippen LogP contribution in [0, 0.1) is 5.92 Å². The molecular weight excluding hydrogens is 304 g/mol. The number of methoxy groups -OCH3 is 1. The molecule has 1 atom stereocenters. The first-order valence-electron chi connectivity index (χ1n) is 5.68. The SMILES string of the molecule is COC(=O)C(C)CS(=O)(=O)c1ccc(S(C)(=O)=O)cc1. The summed E-state index contributed by atoms with van der Waals surface area (Å²) in [6.07, 6.45) is 1.04. The van der Waals surface area contributed by atoms with Crippen LogP contribution < -0.4 is 0 Å². The fourth-order valence-electron chi connectivity index (χ4n) is 1.59. The number of benzene rings is 1. The molecule has 0 spiro atoms. The molecule has 112 valence electrons. The molecule has 0 N–H and O–H groups in total. The van der Waals surface area contributed by atoms with E-state index in [9.17, 15) is 21.6 Å². The van der Waals surface area contributed by atoms with E-state index in [1.54, 1.807) is 0 Å². The van der Waals surface area contributed by atoms with E-state index < -0.39 is 37.3 Å². The zero-order valence-electron chi connectivity index (χ0n) is 11.4. The van der Waals surface area contributed by atoms with Gasteiger partial charge in [-0.1, -0.05) is 6.92 Å². The van der Waals surface area contributed by atoms with Gasteiger partial charge in [0.25, 0.3) is 0 Å². The highest BCUT2D eigenvalue weighted by atomic mass is 32.2. The van der Waals surface area contributed by atoms with Gasteiger partial charge in [0.2, 0.25) is 0 Å². The predicted molar refractivity (Wildman–Crippen MR) is 72.8 cm³/mol. The van der Waals surface area contributed by atoms with Crippen molar-refractivity contribution in [3.8, 4) is 0 Å². The van der Waals surface area contributed by atoms with Gasteiger partial charge in [-0.2, -0.15) is 0 Å². The Bertz CT molecular complexity index is 686. The molecule has 1 rings (SSSR count). The lowest BCUT2D eigenvalue weighted by Gasteiger charge is -2.10. The first-order valence-corrected chi connectivity index (χ1v) is 9.23. The molecule has 1 aromatic carbocycles. The second kappa shape index (κ2) is 5.92. The number of ether oxygens (including phenoxy) is 1. The van der Waals surface area contributed by atoms with E-state index in [0.717, 1.165) is 6.26 Å². The molecule has 8 heteroatoms. The van der Waals surface area contributed by atoms with E-state index in [-0.39, 0.29) is 9.79 Å². The highest BCUT2D eigenvalue weighted by Crippen LogP contribution is 2.18. The summed E-state index contributed by atoms with van der Waals surface area (Å²) in [4.78, 5) is 11.3. The van der Waals surface area contributed by atoms with E-state index in [0.29, 0.717) is 0 Å². The fourth-order valence-corrected chi connectivity index (χ4v) is 3.76.